The van der Waals surface area contributed by atoms with Gasteiger partial charge in [0, 0.05) is 12.2 Å². The summed E-state index contributed by atoms with van der Waals surface area (Å²) in [6.07, 6.45) is 0. The summed E-state index contributed by atoms with van der Waals surface area (Å²) in [4.78, 5) is 11.3. The molecule has 2 aromatic carbocycles. The lowest BCUT2D eigenvalue weighted by molar-refractivity contribution is 0.0601. The van der Waals surface area contributed by atoms with Crippen LogP contribution in [0.5, 0.6) is 0 Å². The van der Waals surface area contributed by atoms with Crippen LogP contribution in [0.3, 0.4) is 0 Å². The Balaban J connectivity index is 1.89. The summed E-state index contributed by atoms with van der Waals surface area (Å²) in [7, 11) is 1.33. The van der Waals surface area contributed by atoms with Gasteiger partial charge in [0.1, 0.15) is 5.82 Å². The molecule has 120 valence electrons. The van der Waals surface area contributed by atoms with Gasteiger partial charge in [-0.25, -0.2) is 9.18 Å². The van der Waals surface area contributed by atoms with Crippen molar-refractivity contribution in [1.29, 1.82) is 0 Å². The van der Waals surface area contributed by atoms with Gasteiger partial charge >= 0.3 is 5.97 Å². The van der Waals surface area contributed by atoms with E-state index in [2.05, 4.69) is 31.3 Å². The van der Waals surface area contributed by atoms with Crippen LogP contribution in [0.4, 0.5) is 10.1 Å². The second-order valence-electron chi connectivity index (χ2n) is 4.63. The van der Waals surface area contributed by atoms with Gasteiger partial charge < -0.3 is 15.4 Å². The number of ether oxygens (including phenoxy) is 1. The average molecular weight is 397 g/mol. The van der Waals surface area contributed by atoms with Crippen molar-refractivity contribution < 1.29 is 13.9 Å². The van der Waals surface area contributed by atoms with Crippen LogP contribution < -0.4 is 10.6 Å². The largest absolute Gasteiger partial charge is 0.465 e. The smallest absolute Gasteiger partial charge is 0.337 e. The molecule has 0 saturated carbocycles. The van der Waals surface area contributed by atoms with Crippen LogP contribution in [0.2, 0.25) is 0 Å². The fourth-order valence-corrected chi connectivity index (χ4v) is 2.43. The molecule has 0 radical (unpaired) electrons. The number of benzene rings is 2. The van der Waals surface area contributed by atoms with E-state index in [1.807, 2.05) is 0 Å². The number of esters is 1. The SMILES string of the molecule is COC(=O)c1ccc(NC(=S)NCc2ccc(F)c(Br)c2)cc1. The molecule has 0 aromatic heterocycles. The summed E-state index contributed by atoms with van der Waals surface area (Å²) in [5, 5.41) is 6.46. The first-order valence-corrected chi connectivity index (χ1v) is 7.87. The fraction of sp³-hybridized carbons (Fsp3) is 0.125. The van der Waals surface area contributed by atoms with Crippen LogP contribution in [-0.4, -0.2) is 18.2 Å². The first-order chi connectivity index (χ1) is 11.0. The first-order valence-electron chi connectivity index (χ1n) is 6.67. The topological polar surface area (TPSA) is 50.4 Å². The van der Waals surface area contributed by atoms with Gasteiger partial charge in [-0.05, 0) is 70.1 Å². The number of carbonyl (C=O) groups is 1. The zero-order valence-corrected chi connectivity index (χ0v) is 14.6. The lowest BCUT2D eigenvalue weighted by Crippen LogP contribution is -2.27. The lowest BCUT2D eigenvalue weighted by atomic mass is 10.2. The van der Waals surface area contributed by atoms with Crippen molar-refractivity contribution >= 4 is 44.9 Å². The highest BCUT2D eigenvalue weighted by Gasteiger charge is 2.05. The molecular formula is C16H14BrFN2O2S. The van der Waals surface area contributed by atoms with Crippen LogP contribution in [0, 0.1) is 5.82 Å². The second-order valence-corrected chi connectivity index (χ2v) is 5.89. The summed E-state index contributed by atoms with van der Waals surface area (Å²) in [6, 6.07) is 11.5. The van der Waals surface area contributed by atoms with E-state index in [-0.39, 0.29) is 11.8 Å². The van der Waals surface area contributed by atoms with Crippen LogP contribution in [-0.2, 0) is 11.3 Å². The molecule has 0 bridgehead atoms. The summed E-state index contributed by atoms with van der Waals surface area (Å²) >= 11 is 8.34. The Morgan fingerprint density at radius 2 is 1.96 bits per heavy atom. The number of anilines is 1. The van der Waals surface area contributed by atoms with Gasteiger partial charge in [-0.2, -0.15) is 0 Å². The Kier molecular flexibility index (Phi) is 6.06. The zero-order valence-electron chi connectivity index (χ0n) is 12.2. The van der Waals surface area contributed by atoms with Gasteiger partial charge in [0.2, 0.25) is 0 Å². The van der Waals surface area contributed by atoms with Crippen LogP contribution in [0.25, 0.3) is 0 Å². The molecule has 2 N–H and O–H groups in total. The summed E-state index contributed by atoms with van der Waals surface area (Å²) in [6.45, 7) is 0.463. The molecule has 0 saturated heterocycles. The fourth-order valence-electron chi connectivity index (χ4n) is 1.81. The highest BCUT2D eigenvalue weighted by Crippen LogP contribution is 2.16. The monoisotopic (exact) mass is 396 g/mol. The summed E-state index contributed by atoms with van der Waals surface area (Å²) < 4.78 is 18.2. The highest BCUT2D eigenvalue weighted by molar-refractivity contribution is 9.10. The van der Waals surface area contributed by atoms with Crippen molar-refractivity contribution in [1.82, 2.24) is 5.32 Å². The minimum Gasteiger partial charge on any atom is -0.465 e. The number of rotatable bonds is 4. The third-order valence-electron chi connectivity index (χ3n) is 3.00. The molecular weight excluding hydrogens is 383 g/mol. The molecule has 0 fully saturated rings. The molecule has 4 nitrogen and oxygen atoms in total. The lowest BCUT2D eigenvalue weighted by Gasteiger charge is -2.11. The van der Waals surface area contributed by atoms with Crippen LogP contribution >= 0.6 is 28.1 Å². The Morgan fingerprint density at radius 3 is 2.57 bits per heavy atom. The molecule has 23 heavy (non-hydrogen) atoms. The van der Waals surface area contributed by atoms with Crippen molar-refractivity contribution in [3.8, 4) is 0 Å². The van der Waals surface area contributed by atoms with Crippen LogP contribution in [0.15, 0.2) is 46.9 Å². The van der Waals surface area contributed by atoms with E-state index in [4.69, 9.17) is 12.2 Å². The molecule has 2 aromatic rings. The van der Waals surface area contributed by atoms with Crippen molar-refractivity contribution in [2.45, 2.75) is 6.54 Å². The zero-order chi connectivity index (χ0) is 16.8. The Bertz CT molecular complexity index is 723. The van der Waals surface area contributed by atoms with Crippen molar-refractivity contribution in [3.63, 3.8) is 0 Å². The molecule has 0 spiro atoms. The molecule has 0 atom stereocenters. The summed E-state index contributed by atoms with van der Waals surface area (Å²) in [5.74, 6) is -0.695. The second kappa shape index (κ2) is 8.03. The molecule has 2 rings (SSSR count). The summed E-state index contributed by atoms with van der Waals surface area (Å²) in [5.41, 5.74) is 2.10. The van der Waals surface area contributed by atoms with E-state index in [0.29, 0.717) is 21.7 Å². The standard InChI is InChI=1S/C16H14BrFN2O2S/c1-22-15(21)11-3-5-12(6-4-11)20-16(23)19-9-10-2-7-14(18)13(17)8-10/h2-8H,9H2,1H3,(H2,19,20,23). The molecule has 0 aliphatic heterocycles. The number of hydrogen-bond donors (Lipinski definition) is 2. The van der Waals surface area contributed by atoms with E-state index in [1.54, 1.807) is 36.4 Å². The first kappa shape index (κ1) is 17.4. The quantitative estimate of drug-likeness (QED) is 0.606. The van der Waals surface area contributed by atoms with E-state index in [0.717, 1.165) is 11.3 Å². The third-order valence-corrected chi connectivity index (χ3v) is 3.86. The van der Waals surface area contributed by atoms with Crippen molar-refractivity contribution in [2.24, 2.45) is 0 Å². The minimum atomic E-state index is -0.390. The highest BCUT2D eigenvalue weighted by atomic mass is 79.9. The van der Waals surface area contributed by atoms with E-state index in [9.17, 15) is 9.18 Å². The van der Waals surface area contributed by atoms with Gasteiger partial charge in [0.15, 0.2) is 5.11 Å². The van der Waals surface area contributed by atoms with E-state index in [1.165, 1.54) is 13.2 Å². The molecule has 0 unspecified atom stereocenters. The number of nitrogens with one attached hydrogen (secondary N) is 2. The number of halogens is 2. The number of methoxy groups -OCH3 is 1. The predicted octanol–water partition coefficient (Wildman–Crippen LogP) is 3.86. The maximum absolute atomic E-state index is 13.2. The molecule has 0 aliphatic carbocycles. The van der Waals surface area contributed by atoms with E-state index >= 15 is 0 Å². The maximum Gasteiger partial charge on any atom is 0.337 e. The van der Waals surface area contributed by atoms with Gasteiger partial charge in [-0.1, -0.05) is 6.07 Å². The Morgan fingerprint density at radius 1 is 1.26 bits per heavy atom. The van der Waals surface area contributed by atoms with Gasteiger partial charge in [0.05, 0.1) is 17.1 Å². The van der Waals surface area contributed by atoms with E-state index < -0.39 is 0 Å². The van der Waals surface area contributed by atoms with Crippen molar-refractivity contribution in [2.75, 3.05) is 12.4 Å². The average Bonchev–Trinajstić information content (AvgIpc) is 2.56. The Labute approximate surface area is 147 Å². The molecule has 7 heteroatoms. The van der Waals surface area contributed by atoms with Crippen LogP contribution in [0.1, 0.15) is 15.9 Å². The minimum absolute atomic E-state index is 0.305. The predicted molar refractivity (Wildman–Crippen MR) is 94.9 cm³/mol. The number of thiocarbonyl (C=S) groups is 1. The van der Waals surface area contributed by atoms with Gasteiger partial charge in [-0.15, -0.1) is 0 Å². The third kappa shape index (κ3) is 5.01. The molecule has 0 heterocycles. The number of carbonyl (C=O) groups excluding carboxylic acids is 1. The van der Waals surface area contributed by atoms with Gasteiger partial charge in [-0.3, -0.25) is 0 Å². The number of hydrogen-bond acceptors (Lipinski definition) is 3. The molecule has 0 aliphatic rings. The maximum atomic E-state index is 13.2. The van der Waals surface area contributed by atoms with Crippen molar-refractivity contribution in [3.05, 3.63) is 63.9 Å². The molecule has 0 amide bonds. The van der Waals surface area contributed by atoms with Gasteiger partial charge in [0.25, 0.3) is 0 Å². The Hall–Kier alpha value is -1.99. The normalized spacial score (nSPS) is 10.0.